The largest absolute Gasteiger partial charge is 0.501 e. The summed E-state index contributed by atoms with van der Waals surface area (Å²) in [4.78, 5) is 31.1. The van der Waals surface area contributed by atoms with Crippen LogP contribution in [0.2, 0.25) is 0 Å². The van der Waals surface area contributed by atoms with Gasteiger partial charge in [-0.1, -0.05) is 0 Å². The van der Waals surface area contributed by atoms with Crippen molar-refractivity contribution in [3.63, 3.8) is 0 Å². The molecule has 2 aromatic rings. The second-order valence-corrected chi connectivity index (χ2v) is 12.3. The lowest BCUT2D eigenvalue weighted by molar-refractivity contribution is -0.123. The topological polar surface area (TPSA) is 137 Å². The third-order valence-corrected chi connectivity index (χ3v) is 8.34. The molecule has 0 saturated carbocycles. The van der Waals surface area contributed by atoms with Crippen LogP contribution in [0.3, 0.4) is 0 Å². The molecule has 11 nitrogen and oxygen atoms in total. The van der Waals surface area contributed by atoms with Gasteiger partial charge in [0.2, 0.25) is 0 Å². The van der Waals surface area contributed by atoms with Gasteiger partial charge in [0.25, 0.3) is 15.7 Å². The summed E-state index contributed by atoms with van der Waals surface area (Å²) in [6.45, 7) is 2.80. The number of sulfone groups is 1. The SMILES string of the molecule is CN(C)S(=O)(=O)Nc1cc(CN2C(=O)N(c3ccc(S(=O)(=O)C(F)(F)F)cc3)C(=O)C2(C)C)ccn1. The van der Waals surface area contributed by atoms with Gasteiger partial charge in [-0.15, -0.1) is 0 Å². The minimum Gasteiger partial charge on any atom is -0.305 e. The Kier molecular flexibility index (Phi) is 6.84. The van der Waals surface area contributed by atoms with E-state index in [1.165, 1.54) is 51.2 Å². The fourth-order valence-corrected chi connectivity index (χ4v) is 4.59. The van der Waals surface area contributed by atoms with Gasteiger partial charge in [-0.25, -0.2) is 23.1 Å². The van der Waals surface area contributed by atoms with Crippen LogP contribution in [0.4, 0.5) is 29.5 Å². The van der Waals surface area contributed by atoms with Gasteiger partial charge in [0, 0.05) is 26.8 Å². The van der Waals surface area contributed by atoms with E-state index in [9.17, 15) is 39.6 Å². The van der Waals surface area contributed by atoms with Gasteiger partial charge >= 0.3 is 21.7 Å². The van der Waals surface area contributed by atoms with Crippen LogP contribution in [0.5, 0.6) is 0 Å². The highest BCUT2D eigenvalue weighted by Gasteiger charge is 2.52. The molecule has 3 rings (SSSR count). The standard InChI is InChI=1S/C20H22F3N5O6S2/c1-19(2)17(29)28(14-5-7-15(8-6-14)35(31,32)20(21,22)23)18(30)27(19)12-13-9-10-24-16(11-13)25-36(33,34)26(3)4/h5-11H,12H2,1-4H3,(H,24,25). The lowest BCUT2D eigenvalue weighted by Crippen LogP contribution is -2.43. The van der Waals surface area contributed by atoms with Crippen molar-refractivity contribution in [2.75, 3.05) is 23.7 Å². The van der Waals surface area contributed by atoms with Crippen LogP contribution in [-0.2, 0) is 31.4 Å². The summed E-state index contributed by atoms with van der Waals surface area (Å²) < 4.78 is 88.9. The molecule has 0 radical (unpaired) electrons. The Morgan fingerprint density at radius 2 is 1.61 bits per heavy atom. The summed E-state index contributed by atoms with van der Waals surface area (Å²) >= 11 is 0. The molecule has 0 atom stereocenters. The second kappa shape index (κ2) is 9.01. The van der Waals surface area contributed by atoms with Crippen molar-refractivity contribution in [1.82, 2.24) is 14.2 Å². The maximum absolute atomic E-state index is 13.2. The number of carbonyl (C=O) groups is 2. The Bertz CT molecular complexity index is 1410. The number of urea groups is 1. The third-order valence-electron chi connectivity index (χ3n) is 5.41. The van der Waals surface area contributed by atoms with Crippen molar-refractivity contribution in [2.45, 2.75) is 36.3 Å². The van der Waals surface area contributed by atoms with Crippen LogP contribution in [0, 0.1) is 0 Å². The van der Waals surface area contributed by atoms with E-state index in [1.807, 2.05) is 0 Å². The smallest absolute Gasteiger partial charge is 0.305 e. The molecule has 1 N–H and O–H groups in total. The minimum absolute atomic E-state index is 0.0182. The minimum atomic E-state index is -5.60. The number of anilines is 2. The molecule has 196 valence electrons. The molecule has 1 aliphatic rings. The Morgan fingerprint density at radius 1 is 1.03 bits per heavy atom. The number of imide groups is 1. The van der Waals surface area contributed by atoms with Crippen molar-refractivity contribution in [3.8, 4) is 0 Å². The van der Waals surface area contributed by atoms with Gasteiger partial charge in [-0.05, 0) is 55.8 Å². The number of pyridine rings is 1. The number of carbonyl (C=O) groups excluding carboxylic acids is 2. The summed E-state index contributed by atoms with van der Waals surface area (Å²) in [6, 6.07) is 5.31. The van der Waals surface area contributed by atoms with E-state index in [4.69, 9.17) is 0 Å². The lowest BCUT2D eigenvalue weighted by atomic mass is 10.0. The number of alkyl halides is 3. The Morgan fingerprint density at radius 3 is 2.14 bits per heavy atom. The lowest BCUT2D eigenvalue weighted by Gasteiger charge is -2.27. The molecule has 1 fully saturated rings. The number of halogens is 3. The molecule has 0 bridgehead atoms. The number of amides is 3. The van der Waals surface area contributed by atoms with E-state index in [1.54, 1.807) is 0 Å². The Hall–Kier alpha value is -3.24. The summed E-state index contributed by atoms with van der Waals surface area (Å²) in [6.07, 6.45) is 1.32. The van der Waals surface area contributed by atoms with E-state index in [0.29, 0.717) is 17.7 Å². The predicted molar refractivity (Wildman–Crippen MR) is 123 cm³/mol. The zero-order valence-corrected chi connectivity index (χ0v) is 21.1. The quantitative estimate of drug-likeness (QED) is 0.524. The van der Waals surface area contributed by atoms with Crippen molar-refractivity contribution in [3.05, 3.63) is 48.2 Å². The molecule has 1 aromatic carbocycles. The number of hydrogen-bond acceptors (Lipinski definition) is 7. The van der Waals surface area contributed by atoms with Gasteiger partial charge in [0.15, 0.2) is 0 Å². The molecule has 36 heavy (non-hydrogen) atoms. The highest BCUT2D eigenvalue weighted by atomic mass is 32.2. The maximum atomic E-state index is 13.2. The van der Waals surface area contributed by atoms with Crippen LogP contribution in [-0.4, -0.2) is 68.1 Å². The normalized spacial score (nSPS) is 16.7. The van der Waals surface area contributed by atoms with Crippen molar-refractivity contribution in [1.29, 1.82) is 0 Å². The molecular formula is C20H22F3N5O6S2. The van der Waals surface area contributed by atoms with Gasteiger partial charge < -0.3 is 4.90 Å². The first-order valence-electron chi connectivity index (χ1n) is 10.1. The third kappa shape index (κ3) is 4.87. The van der Waals surface area contributed by atoms with Crippen LogP contribution in [0.1, 0.15) is 19.4 Å². The zero-order valence-electron chi connectivity index (χ0n) is 19.4. The molecular weight excluding hydrogens is 527 g/mol. The monoisotopic (exact) mass is 549 g/mol. The van der Waals surface area contributed by atoms with Gasteiger partial charge in [0.1, 0.15) is 11.4 Å². The summed E-state index contributed by atoms with van der Waals surface area (Å²) in [7, 11) is -6.79. The average Bonchev–Trinajstić information content (AvgIpc) is 2.92. The first kappa shape index (κ1) is 27.3. The van der Waals surface area contributed by atoms with Gasteiger partial charge in [-0.3, -0.25) is 9.52 Å². The van der Waals surface area contributed by atoms with E-state index in [-0.39, 0.29) is 18.1 Å². The number of aromatic nitrogens is 1. The molecule has 1 saturated heterocycles. The van der Waals surface area contributed by atoms with Crippen LogP contribution >= 0.6 is 0 Å². The van der Waals surface area contributed by atoms with Crippen molar-refractivity contribution >= 4 is 43.5 Å². The summed E-state index contributed by atoms with van der Waals surface area (Å²) in [5.74, 6) is -0.711. The van der Waals surface area contributed by atoms with E-state index in [0.717, 1.165) is 21.3 Å². The zero-order chi connectivity index (χ0) is 27.3. The first-order chi connectivity index (χ1) is 16.4. The molecule has 0 spiro atoms. The first-order valence-corrected chi connectivity index (χ1v) is 13.0. The molecule has 3 amide bonds. The maximum Gasteiger partial charge on any atom is 0.501 e. The molecule has 16 heteroatoms. The highest BCUT2D eigenvalue weighted by molar-refractivity contribution is 7.92. The fraction of sp³-hybridized carbons (Fsp3) is 0.350. The number of benzene rings is 1. The number of nitrogens with zero attached hydrogens (tertiary/aromatic N) is 4. The van der Waals surface area contributed by atoms with Crippen LogP contribution < -0.4 is 9.62 Å². The van der Waals surface area contributed by atoms with Crippen molar-refractivity contribution < 1.29 is 39.6 Å². The molecule has 0 aliphatic carbocycles. The number of hydrogen-bond donors (Lipinski definition) is 1. The van der Waals surface area contributed by atoms with E-state index < -0.39 is 47.9 Å². The van der Waals surface area contributed by atoms with Gasteiger partial charge in [0.05, 0.1) is 10.6 Å². The Balaban J connectivity index is 1.89. The van der Waals surface area contributed by atoms with Crippen molar-refractivity contribution in [2.24, 2.45) is 0 Å². The number of nitrogens with one attached hydrogen (secondary N) is 1. The predicted octanol–water partition coefficient (Wildman–Crippen LogP) is 2.34. The molecule has 1 aliphatic heterocycles. The average molecular weight is 550 g/mol. The second-order valence-electron chi connectivity index (χ2n) is 8.45. The molecule has 2 heterocycles. The van der Waals surface area contributed by atoms with Crippen LogP contribution in [0.15, 0.2) is 47.5 Å². The van der Waals surface area contributed by atoms with Crippen LogP contribution in [0.25, 0.3) is 0 Å². The van der Waals surface area contributed by atoms with E-state index >= 15 is 0 Å². The fourth-order valence-electron chi connectivity index (χ4n) is 3.27. The molecule has 1 aromatic heterocycles. The number of rotatable bonds is 7. The highest BCUT2D eigenvalue weighted by Crippen LogP contribution is 2.35. The summed E-state index contributed by atoms with van der Waals surface area (Å²) in [5.41, 5.74) is -6.57. The summed E-state index contributed by atoms with van der Waals surface area (Å²) in [5, 5.41) is 0. The molecule has 0 unspecified atom stereocenters. The van der Waals surface area contributed by atoms with Gasteiger partial charge in [-0.2, -0.15) is 25.9 Å². The van der Waals surface area contributed by atoms with E-state index in [2.05, 4.69) is 9.71 Å². The Labute approximate surface area is 205 Å².